The summed E-state index contributed by atoms with van der Waals surface area (Å²) in [7, 11) is 1.41. The summed E-state index contributed by atoms with van der Waals surface area (Å²) in [4.78, 5) is 3.86. The number of hydrogen-bond donors (Lipinski definition) is 1. The molecule has 0 aliphatic heterocycles. The molecule has 0 saturated carbocycles. The Morgan fingerprint density at radius 2 is 2.29 bits per heavy atom. The van der Waals surface area contributed by atoms with Gasteiger partial charge in [-0.2, -0.15) is 0 Å². The van der Waals surface area contributed by atoms with Crippen molar-refractivity contribution in [2.45, 2.75) is 13.0 Å². The zero-order valence-corrected chi connectivity index (χ0v) is 9.01. The molecule has 0 aliphatic rings. The SMILES string of the molecule is COc1nc(CN)c(C(F)F)cc1Br. The molecule has 0 amide bonds. The number of aromatic nitrogens is 1. The van der Waals surface area contributed by atoms with Crippen LogP contribution in [0.2, 0.25) is 0 Å². The maximum absolute atomic E-state index is 12.5. The van der Waals surface area contributed by atoms with Gasteiger partial charge in [0, 0.05) is 12.1 Å². The van der Waals surface area contributed by atoms with Gasteiger partial charge in [-0.25, -0.2) is 13.8 Å². The van der Waals surface area contributed by atoms with E-state index in [4.69, 9.17) is 10.5 Å². The third-order valence-electron chi connectivity index (χ3n) is 1.68. The first-order chi connectivity index (χ1) is 6.60. The van der Waals surface area contributed by atoms with E-state index in [1.54, 1.807) is 0 Å². The van der Waals surface area contributed by atoms with E-state index in [0.717, 1.165) is 0 Å². The highest BCUT2D eigenvalue weighted by molar-refractivity contribution is 9.10. The molecule has 78 valence electrons. The van der Waals surface area contributed by atoms with E-state index in [0.29, 0.717) is 4.47 Å². The highest BCUT2D eigenvalue weighted by atomic mass is 79.9. The third-order valence-corrected chi connectivity index (χ3v) is 2.25. The normalized spacial score (nSPS) is 10.7. The van der Waals surface area contributed by atoms with Gasteiger partial charge in [0.05, 0.1) is 17.3 Å². The molecule has 14 heavy (non-hydrogen) atoms. The quantitative estimate of drug-likeness (QED) is 0.913. The minimum absolute atomic E-state index is 0.0384. The number of rotatable bonds is 3. The van der Waals surface area contributed by atoms with E-state index in [-0.39, 0.29) is 23.7 Å². The lowest BCUT2D eigenvalue weighted by Crippen LogP contribution is -2.06. The molecular weight excluding hydrogens is 258 g/mol. The van der Waals surface area contributed by atoms with Gasteiger partial charge < -0.3 is 10.5 Å². The second kappa shape index (κ2) is 4.65. The zero-order valence-electron chi connectivity index (χ0n) is 7.43. The monoisotopic (exact) mass is 266 g/mol. The van der Waals surface area contributed by atoms with Crippen molar-refractivity contribution < 1.29 is 13.5 Å². The van der Waals surface area contributed by atoms with Crippen molar-refractivity contribution in [2.75, 3.05) is 7.11 Å². The van der Waals surface area contributed by atoms with Gasteiger partial charge in [0.25, 0.3) is 6.43 Å². The fraction of sp³-hybridized carbons (Fsp3) is 0.375. The fourth-order valence-corrected chi connectivity index (χ4v) is 1.51. The second-order valence-electron chi connectivity index (χ2n) is 2.52. The number of nitrogens with zero attached hydrogens (tertiary/aromatic N) is 1. The smallest absolute Gasteiger partial charge is 0.265 e. The van der Waals surface area contributed by atoms with E-state index in [2.05, 4.69) is 20.9 Å². The summed E-state index contributed by atoms with van der Waals surface area (Å²) >= 11 is 3.08. The highest BCUT2D eigenvalue weighted by Gasteiger charge is 2.16. The molecule has 0 unspecified atom stereocenters. The van der Waals surface area contributed by atoms with E-state index in [1.165, 1.54) is 13.2 Å². The van der Waals surface area contributed by atoms with Crippen LogP contribution < -0.4 is 10.5 Å². The number of halogens is 3. The van der Waals surface area contributed by atoms with Crippen LogP contribution in [0.4, 0.5) is 8.78 Å². The molecule has 0 spiro atoms. The summed E-state index contributed by atoms with van der Waals surface area (Å²) in [5.41, 5.74) is 5.28. The number of hydrogen-bond acceptors (Lipinski definition) is 3. The minimum Gasteiger partial charge on any atom is -0.480 e. The van der Waals surface area contributed by atoms with Crippen LogP contribution >= 0.6 is 15.9 Å². The summed E-state index contributed by atoms with van der Waals surface area (Å²) in [6, 6.07) is 1.28. The van der Waals surface area contributed by atoms with E-state index >= 15 is 0 Å². The maximum Gasteiger partial charge on any atom is 0.265 e. The first kappa shape index (κ1) is 11.3. The van der Waals surface area contributed by atoms with Crippen LogP contribution in [0.3, 0.4) is 0 Å². The second-order valence-corrected chi connectivity index (χ2v) is 3.37. The van der Waals surface area contributed by atoms with Gasteiger partial charge in [-0.15, -0.1) is 0 Å². The van der Waals surface area contributed by atoms with Gasteiger partial charge in [0.15, 0.2) is 0 Å². The molecule has 0 aromatic carbocycles. The molecule has 0 fully saturated rings. The minimum atomic E-state index is -2.58. The predicted molar refractivity (Wildman–Crippen MR) is 51.3 cm³/mol. The molecule has 0 aliphatic carbocycles. The van der Waals surface area contributed by atoms with Crippen LogP contribution in [0.25, 0.3) is 0 Å². The first-order valence-electron chi connectivity index (χ1n) is 3.81. The standard InChI is InChI=1S/C8H9BrF2N2O/c1-14-8-5(9)2-4(7(10)11)6(3-12)13-8/h2,7H,3,12H2,1H3. The predicted octanol–water partition coefficient (Wildman–Crippen LogP) is 2.25. The van der Waals surface area contributed by atoms with E-state index < -0.39 is 6.43 Å². The summed E-state index contributed by atoms with van der Waals surface area (Å²) < 4.78 is 30.2. The molecule has 1 heterocycles. The van der Waals surface area contributed by atoms with Crippen molar-refractivity contribution in [3.05, 3.63) is 21.8 Å². The van der Waals surface area contributed by atoms with E-state index in [9.17, 15) is 8.78 Å². The summed E-state index contributed by atoms with van der Waals surface area (Å²) in [5, 5.41) is 0. The molecule has 0 radical (unpaired) electrons. The van der Waals surface area contributed by atoms with Gasteiger partial charge in [-0.1, -0.05) is 0 Å². The Morgan fingerprint density at radius 1 is 1.64 bits per heavy atom. The average Bonchev–Trinajstić information content (AvgIpc) is 2.17. The van der Waals surface area contributed by atoms with Crippen molar-refractivity contribution in [2.24, 2.45) is 5.73 Å². The van der Waals surface area contributed by atoms with Crippen LogP contribution in [0, 0.1) is 0 Å². The Labute approximate surface area is 88.4 Å². The van der Waals surface area contributed by atoms with E-state index in [1.807, 2.05) is 0 Å². The van der Waals surface area contributed by atoms with Crippen molar-refractivity contribution in [1.29, 1.82) is 0 Å². The van der Waals surface area contributed by atoms with Gasteiger partial charge >= 0.3 is 0 Å². The van der Waals surface area contributed by atoms with Gasteiger partial charge in [0.1, 0.15) is 0 Å². The molecule has 6 heteroatoms. The Hall–Kier alpha value is -0.750. The molecule has 1 aromatic rings. The molecule has 0 atom stereocenters. The number of methoxy groups -OCH3 is 1. The van der Waals surface area contributed by atoms with Crippen LogP contribution in [0.15, 0.2) is 10.5 Å². The number of ether oxygens (including phenoxy) is 1. The molecule has 1 aromatic heterocycles. The third kappa shape index (κ3) is 2.19. The average molecular weight is 267 g/mol. The maximum atomic E-state index is 12.5. The van der Waals surface area contributed by atoms with Crippen molar-refractivity contribution in [3.8, 4) is 5.88 Å². The van der Waals surface area contributed by atoms with Gasteiger partial charge in [-0.3, -0.25) is 0 Å². The Kier molecular flexibility index (Phi) is 3.77. The Bertz CT molecular complexity index is 333. The fourth-order valence-electron chi connectivity index (χ4n) is 1.02. The van der Waals surface area contributed by atoms with Crippen molar-refractivity contribution >= 4 is 15.9 Å². The molecule has 0 saturated heterocycles. The zero-order chi connectivity index (χ0) is 10.7. The number of pyridine rings is 1. The Morgan fingerprint density at radius 3 is 2.71 bits per heavy atom. The summed E-state index contributed by atoms with van der Waals surface area (Å²) in [6.07, 6.45) is -2.58. The van der Waals surface area contributed by atoms with Crippen LogP contribution in [-0.4, -0.2) is 12.1 Å². The van der Waals surface area contributed by atoms with Crippen LogP contribution in [-0.2, 0) is 6.54 Å². The van der Waals surface area contributed by atoms with Crippen molar-refractivity contribution in [1.82, 2.24) is 4.98 Å². The number of alkyl halides is 2. The molecule has 3 nitrogen and oxygen atoms in total. The molecule has 0 bridgehead atoms. The lowest BCUT2D eigenvalue weighted by atomic mass is 10.2. The van der Waals surface area contributed by atoms with Crippen molar-refractivity contribution in [3.63, 3.8) is 0 Å². The molecule has 2 N–H and O–H groups in total. The molecular formula is C8H9BrF2N2O. The number of nitrogens with two attached hydrogens (primary N) is 1. The lowest BCUT2D eigenvalue weighted by Gasteiger charge is -2.09. The van der Waals surface area contributed by atoms with Gasteiger partial charge in [-0.05, 0) is 22.0 Å². The Balaban J connectivity index is 3.24. The molecule has 1 rings (SSSR count). The first-order valence-corrected chi connectivity index (χ1v) is 4.61. The highest BCUT2D eigenvalue weighted by Crippen LogP contribution is 2.30. The van der Waals surface area contributed by atoms with Crippen LogP contribution in [0.1, 0.15) is 17.7 Å². The summed E-state index contributed by atoms with van der Waals surface area (Å²) in [5.74, 6) is 0.259. The largest absolute Gasteiger partial charge is 0.480 e. The topological polar surface area (TPSA) is 48.1 Å². The summed E-state index contributed by atoms with van der Waals surface area (Å²) in [6.45, 7) is -0.0384. The van der Waals surface area contributed by atoms with Gasteiger partial charge in [0.2, 0.25) is 5.88 Å². The van der Waals surface area contributed by atoms with Crippen LogP contribution in [0.5, 0.6) is 5.88 Å². The lowest BCUT2D eigenvalue weighted by molar-refractivity contribution is 0.149.